The molecule has 0 bridgehead atoms. The van der Waals surface area contributed by atoms with Crippen LogP contribution < -0.4 is 5.32 Å². The Morgan fingerprint density at radius 1 is 0.902 bits per heavy atom. The Kier molecular flexibility index (Phi) is 8.43. The van der Waals surface area contributed by atoms with Gasteiger partial charge in [0.05, 0.1) is 6.04 Å². The number of carboxylic acid groups (broad SMARTS) is 1. The molecule has 0 radical (unpaired) electrons. The summed E-state index contributed by atoms with van der Waals surface area (Å²) in [6.45, 7) is 3.59. The van der Waals surface area contributed by atoms with E-state index in [0.717, 1.165) is 42.4 Å². The Labute approximate surface area is 242 Å². The van der Waals surface area contributed by atoms with Gasteiger partial charge < -0.3 is 20.2 Å². The van der Waals surface area contributed by atoms with E-state index in [9.17, 15) is 19.5 Å². The molecular formula is C34H39N3O4. The van der Waals surface area contributed by atoms with Crippen molar-refractivity contribution in [2.75, 3.05) is 11.9 Å². The number of benzene rings is 3. The van der Waals surface area contributed by atoms with Crippen molar-refractivity contribution in [1.29, 1.82) is 0 Å². The van der Waals surface area contributed by atoms with Crippen LogP contribution in [0.4, 0.5) is 10.5 Å². The molecule has 1 saturated carbocycles. The Morgan fingerprint density at radius 3 is 2.10 bits per heavy atom. The summed E-state index contributed by atoms with van der Waals surface area (Å²) < 4.78 is 0. The van der Waals surface area contributed by atoms with Crippen molar-refractivity contribution in [1.82, 2.24) is 9.80 Å². The van der Waals surface area contributed by atoms with Gasteiger partial charge in [-0.1, -0.05) is 91.7 Å². The predicted molar refractivity (Wildman–Crippen MR) is 160 cm³/mol. The maximum Gasteiger partial charge on any atom is 0.323 e. The highest BCUT2D eigenvalue weighted by atomic mass is 16.4. The zero-order valence-corrected chi connectivity index (χ0v) is 23.8. The molecule has 1 aliphatic heterocycles. The first-order valence-corrected chi connectivity index (χ1v) is 14.5. The van der Waals surface area contributed by atoms with Crippen LogP contribution >= 0.6 is 0 Å². The Bertz CT molecular complexity index is 1370. The molecule has 7 heteroatoms. The number of nitrogens with one attached hydrogen (secondary N) is 1. The Hall–Kier alpha value is -4.13. The number of carboxylic acids is 1. The number of aryl methyl sites for hydroxylation is 1. The first-order valence-electron chi connectivity index (χ1n) is 14.5. The van der Waals surface area contributed by atoms with Gasteiger partial charge in [0.1, 0.15) is 12.6 Å². The van der Waals surface area contributed by atoms with E-state index in [-0.39, 0.29) is 17.9 Å². The van der Waals surface area contributed by atoms with Gasteiger partial charge in [-0.3, -0.25) is 9.59 Å². The van der Waals surface area contributed by atoms with E-state index in [4.69, 9.17) is 0 Å². The van der Waals surface area contributed by atoms with E-state index in [0.29, 0.717) is 18.5 Å². The molecule has 3 atom stereocenters. The van der Waals surface area contributed by atoms with Gasteiger partial charge in [0.15, 0.2) is 0 Å². The third-order valence-corrected chi connectivity index (χ3v) is 8.90. The fourth-order valence-electron chi connectivity index (χ4n) is 6.78. The Morgan fingerprint density at radius 2 is 1.49 bits per heavy atom. The lowest BCUT2D eigenvalue weighted by atomic mass is 9.85. The first kappa shape index (κ1) is 28.4. The smallest absolute Gasteiger partial charge is 0.323 e. The third kappa shape index (κ3) is 6.14. The maximum absolute atomic E-state index is 14.6. The molecule has 1 aliphatic carbocycles. The van der Waals surface area contributed by atoms with Gasteiger partial charge in [-0.2, -0.15) is 0 Å². The zero-order chi connectivity index (χ0) is 29.0. The van der Waals surface area contributed by atoms with Gasteiger partial charge in [0, 0.05) is 11.2 Å². The number of anilines is 1. The van der Waals surface area contributed by atoms with Crippen LogP contribution in [0.3, 0.4) is 0 Å². The second-order valence-electron chi connectivity index (χ2n) is 11.7. The first-order chi connectivity index (χ1) is 19.8. The number of nitrogens with zero attached hydrogens (tertiary/aromatic N) is 2. The highest BCUT2D eigenvalue weighted by molar-refractivity contribution is 5.96. The highest BCUT2D eigenvalue weighted by Crippen LogP contribution is 2.44. The molecule has 0 aromatic heterocycles. The monoisotopic (exact) mass is 553 g/mol. The van der Waals surface area contributed by atoms with Crippen molar-refractivity contribution < 1.29 is 19.5 Å². The lowest BCUT2D eigenvalue weighted by Gasteiger charge is -2.44. The fourth-order valence-corrected chi connectivity index (χ4v) is 6.78. The highest BCUT2D eigenvalue weighted by Gasteiger charge is 2.49. The molecule has 5 rings (SSSR count). The third-order valence-electron chi connectivity index (χ3n) is 8.90. The molecule has 41 heavy (non-hydrogen) atoms. The zero-order valence-electron chi connectivity index (χ0n) is 23.8. The largest absolute Gasteiger partial charge is 0.480 e. The lowest BCUT2D eigenvalue weighted by Crippen LogP contribution is -2.60. The fraction of sp³-hybridized carbons (Fsp3) is 0.382. The van der Waals surface area contributed by atoms with Crippen LogP contribution in [0.25, 0.3) is 0 Å². The minimum Gasteiger partial charge on any atom is -0.480 e. The molecule has 0 spiro atoms. The van der Waals surface area contributed by atoms with Gasteiger partial charge in [-0.25, -0.2) is 4.79 Å². The summed E-state index contributed by atoms with van der Waals surface area (Å²) >= 11 is 0. The molecule has 3 aromatic rings. The van der Waals surface area contributed by atoms with E-state index in [1.807, 2.05) is 79.7 Å². The summed E-state index contributed by atoms with van der Waals surface area (Å²) in [7, 11) is 0. The summed E-state index contributed by atoms with van der Waals surface area (Å²) in [5.74, 6) is -1.44. The molecule has 3 amide bonds. The number of amides is 3. The number of hydrogen-bond donors (Lipinski definition) is 2. The predicted octanol–water partition coefficient (Wildman–Crippen LogP) is 6.76. The summed E-state index contributed by atoms with van der Waals surface area (Å²) in [5, 5.41) is 13.1. The van der Waals surface area contributed by atoms with Crippen LogP contribution in [-0.2, 0) is 9.59 Å². The number of hydrogen-bond acceptors (Lipinski definition) is 3. The van der Waals surface area contributed by atoms with Crippen molar-refractivity contribution in [2.45, 2.75) is 75.9 Å². The lowest BCUT2D eigenvalue weighted by molar-refractivity contribution is -0.149. The maximum atomic E-state index is 14.6. The number of rotatable bonds is 7. The number of aliphatic carboxylic acids is 1. The van der Waals surface area contributed by atoms with Crippen LogP contribution in [0.2, 0.25) is 0 Å². The van der Waals surface area contributed by atoms with E-state index in [1.165, 1.54) is 4.90 Å². The summed E-state index contributed by atoms with van der Waals surface area (Å²) in [5.41, 5.74) is 3.08. The minimum absolute atomic E-state index is 0.0621. The molecule has 1 saturated heterocycles. The number of carbonyl (C=O) groups is 3. The van der Waals surface area contributed by atoms with Crippen LogP contribution in [0, 0.1) is 6.92 Å². The normalized spacial score (nSPS) is 22.1. The number of likely N-dealkylation sites (tertiary alicyclic amines) is 1. The van der Waals surface area contributed by atoms with Gasteiger partial charge in [-0.05, 0) is 68.2 Å². The molecule has 3 aromatic carbocycles. The van der Waals surface area contributed by atoms with Crippen molar-refractivity contribution in [3.63, 3.8) is 0 Å². The second kappa shape index (κ2) is 12.2. The number of urea groups is 1. The van der Waals surface area contributed by atoms with Crippen LogP contribution in [0.5, 0.6) is 0 Å². The summed E-state index contributed by atoms with van der Waals surface area (Å²) in [6, 6.07) is 25.8. The van der Waals surface area contributed by atoms with Gasteiger partial charge in [0.2, 0.25) is 5.91 Å². The quantitative estimate of drug-likeness (QED) is 0.338. The van der Waals surface area contributed by atoms with Crippen LogP contribution in [0.1, 0.15) is 74.1 Å². The van der Waals surface area contributed by atoms with E-state index < -0.39 is 30.1 Å². The molecule has 1 heterocycles. The van der Waals surface area contributed by atoms with E-state index in [2.05, 4.69) is 24.4 Å². The van der Waals surface area contributed by atoms with Gasteiger partial charge in [-0.15, -0.1) is 0 Å². The summed E-state index contributed by atoms with van der Waals surface area (Å²) in [6.07, 6.45) is 4.49. The SMILES string of the molecule is Cc1ccccc1NC(=O)N(C1CC(c2ccccc2)CC(c2ccccc2)N(CC(=O)O)C1=O)C1(C)CCCC1. The van der Waals surface area contributed by atoms with E-state index in [1.54, 1.807) is 4.90 Å². The molecule has 7 nitrogen and oxygen atoms in total. The molecule has 214 valence electrons. The molecule has 2 aliphatic rings. The average Bonchev–Trinajstić information content (AvgIpc) is 3.36. The summed E-state index contributed by atoms with van der Waals surface area (Å²) in [4.78, 5) is 44.4. The van der Waals surface area contributed by atoms with Crippen LogP contribution in [0.15, 0.2) is 84.9 Å². The van der Waals surface area contributed by atoms with Gasteiger partial charge in [0.25, 0.3) is 0 Å². The standard InChI is InChI=1S/C34H39N3O4/c1-24-13-9-10-18-28(24)35-33(41)37(34(2)19-11-12-20-34)30-22-27(25-14-5-3-6-15-25)21-29(26-16-7-4-8-17-26)36(32(30)40)23-31(38)39/h3-10,13-18,27,29-30H,11-12,19-23H2,1-2H3,(H,35,41)(H,38,39). The van der Waals surface area contributed by atoms with Crippen molar-refractivity contribution >= 4 is 23.6 Å². The average molecular weight is 554 g/mol. The molecular weight excluding hydrogens is 514 g/mol. The Balaban J connectivity index is 1.62. The number of para-hydroxylation sites is 1. The second-order valence-corrected chi connectivity index (χ2v) is 11.7. The molecule has 3 unspecified atom stereocenters. The topological polar surface area (TPSA) is 90.0 Å². The van der Waals surface area contributed by atoms with Crippen molar-refractivity contribution in [3.8, 4) is 0 Å². The van der Waals surface area contributed by atoms with Gasteiger partial charge >= 0.3 is 12.0 Å². The molecule has 2 N–H and O–H groups in total. The van der Waals surface area contributed by atoms with Crippen LogP contribution in [-0.4, -0.2) is 50.9 Å². The van der Waals surface area contributed by atoms with E-state index >= 15 is 0 Å². The minimum atomic E-state index is -1.07. The molecule has 2 fully saturated rings. The van der Waals surface area contributed by atoms with Crippen molar-refractivity contribution in [2.24, 2.45) is 0 Å². The van der Waals surface area contributed by atoms with Crippen molar-refractivity contribution in [3.05, 3.63) is 102 Å². The number of carbonyl (C=O) groups excluding carboxylic acids is 2.